The van der Waals surface area contributed by atoms with Crippen LogP contribution >= 0.6 is 22.7 Å². The lowest BCUT2D eigenvalue weighted by molar-refractivity contribution is -0.0464. The van der Waals surface area contributed by atoms with E-state index in [1.807, 2.05) is 29.1 Å². The molecule has 0 saturated carbocycles. The van der Waals surface area contributed by atoms with Crippen LogP contribution in [0.4, 0.5) is 0 Å². The standard InChI is InChI=1S/C15H16N4O2S2/c1-10(13-17-18-14(21-13)12-3-2-7-22-12)19-5-6-20-11(9-19)15-16-4-8-23-15/h2-4,7-8,10-11H,5-6,9H2,1H3/t10-,11+/m1/s1. The Bertz CT molecular complexity index is 741. The van der Waals surface area contributed by atoms with Crippen molar-refractivity contribution in [1.82, 2.24) is 20.1 Å². The van der Waals surface area contributed by atoms with Gasteiger partial charge in [-0.2, -0.15) is 0 Å². The zero-order valence-corrected chi connectivity index (χ0v) is 14.2. The third kappa shape index (κ3) is 3.07. The lowest BCUT2D eigenvalue weighted by Gasteiger charge is -2.34. The maximum Gasteiger partial charge on any atom is 0.257 e. The number of rotatable bonds is 4. The van der Waals surface area contributed by atoms with Crippen LogP contribution in [0.3, 0.4) is 0 Å². The Morgan fingerprint density at radius 3 is 3.04 bits per heavy atom. The molecule has 1 fully saturated rings. The molecule has 3 aromatic heterocycles. The van der Waals surface area contributed by atoms with E-state index in [0.29, 0.717) is 18.4 Å². The zero-order valence-electron chi connectivity index (χ0n) is 12.6. The van der Waals surface area contributed by atoms with Crippen LogP contribution in [-0.2, 0) is 4.74 Å². The topological polar surface area (TPSA) is 64.3 Å². The van der Waals surface area contributed by atoms with Crippen molar-refractivity contribution in [2.24, 2.45) is 0 Å². The van der Waals surface area contributed by atoms with Gasteiger partial charge in [0.1, 0.15) is 11.1 Å². The second kappa shape index (κ2) is 6.48. The SMILES string of the molecule is C[C@H](c1nnc(-c2cccs2)o1)N1CCO[C@H](c2nccs2)C1. The molecule has 0 aromatic carbocycles. The smallest absolute Gasteiger partial charge is 0.257 e. The predicted molar refractivity (Wildman–Crippen MR) is 88.4 cm³/mol. The maximum absolute atomic E-state index is 5.86. The number of hydrogen-bond donors (Lipinski definition) is 0. The van der Waals surface area contributed by atoms with Crippen LogP contribution in [-0.4, -0.2) is 39.8 Å². The van der Waals surface area contributed by atoms with Crippen LogP contribution < -0.4 is 0 Å². The van der Waals surface area contributed by atoms with Gasteiger partial charge in [-0.15, -0.1) is 32.9 Å². The Morgan fingerprint density at radius 1 is 1.30 bits per heavy atom. The molecule has 3 aromatic rings. The molecule has 0 unspecified atom stereocenters. The highest BCUT2D eigenvalue weighted by Gasteiger charge is 2.29. The normalized spacial score (nSPS) is 20.7. The van der Waals surface area contributed by atoms with E-state index in [2.05, 4.69) is 27.0 Å². The van der Waals surface area contributed by atoms with Gasteiger partial charge < -0.3 is 9.15 Å². The quantitative estimate of drug-likeness (QED) is 0.720. The molecule has 0 aliphatic carbocycles. The van der Waals surface area contributed by atoms with Gasteiger partial charge in [-0.25, -0.2) is 4.98 Å². The summed E-state index contributed by atoms with van der Waals surface area (Å²) in [6.07, 6.45) is 1.84. The third-order valence-electron chi connectivity index (χ3n) is 3.90. The molecule has 1 aliphatic rings. The molecule has 0 amide bonds. The van der Waals surface area contributed by atoms with Gasteiger partial charge in [-0.05, 0) is 18.4 Å². The summed E-state index contributed by atoms with van der Waals surface area (Å²) in [5, 5.41) is 13.4. The minimum absolute atomic E-state index is 0.0193. The second-order valence-electron chi connectivity index (χ2n) is 5.32. The molecule has 6 nitrogen and oxygen atoms in total. The second-order valence-corrected chi connectivity index (χ2v) is 7.20. The average molecular weight is 348 g/mol. The van der Waals surface area contributed by atoms with Gasteiger partial charge in [-0.1, -0.05) is 6.07 Å². The van der Waals surface area contributed by atoms with E-state index in [4.69, 9.17) is 9.15 Å². The summed E-state index contributed by atoms with van der Waals surface area (Å²) >= 11 is 3.23. The molecule has 23 heavy (non-hydrogen) atoms. The van der Waals surface area contributed by atoms with Crippen LogP contribution in [0.25, 0.3) is 10.8 Å². The fraction of sp³-hybridized carbons (Fsp3) is 0.400. The van der Waals surface area contributed by atoms with Crippen LogP contribution in [0.5, 0.6) is 0 Å². The molecule has 8 heteroatoms. The van der Waals surface area contributed by atoms with E-state index in [1.165, 1.54) is 0 Å². The molecule has 1 aliphatic heterocycles. The van der Waals surface area contributed by atoms with Crippen LogP contribution in [0.15, 0.2) is 33.5 Å². The highest BCUT2D eigenvalue weighted by Crippen LogP contribution is 2.30. The minimum atomic E-state index is 0.0193. The molecular weight excluding hydrogens is 332 g/mol. The first-order chi connectivity index (χ1) is 11.3. The molecule has 120 valence electrons. The summed E-state index contributed by atoms with van der Waals surface area (Å²) in [5.74, 6) is 1.24. The van der Waals surface area contributed by atoms with E-state index >= 15 is 0 Å². The van der Waals surface area contributed by atoms with E-state index in [0.717, 1.165) is 23.0 Å². The average Bonchev–Trinajstić information content (AvgIpc) is 3.36. The summed E-state index contributed by atoms with van der Waals surface area (Å²) in [6, 6.07) is 4.02. The van der Waals surface area contributed by atoms with Crippen molar-refractivity contribution in [3.05, 3.63) is 40.0 Å². The highest BCUT2D eigenvalue weighted by atomic mass is 32.1. The molecule has 4 rings (SSSR count). The lowest BCUT2D eigenvalue weighted by atomic mass is 10.2. The van der Waals surface area contributed by atoms with Crippen molar-refractivity contribution in [2.45, 2.75) is 19.1 Å². The van der Waals surface area contributed by atoms with E-state index < -0.39 is 0 Å². The van der Waals surface area contributed by atoms with Crippen molar-refractivity contribution in [3.63, 3.8) is 0 Å². The first-order valence-electron chi connectivity index (χ1n) is 7.43. The van der Waals surface area contributed by atoms with Crippen molar-refractivity contribution in [2.75, 3.05) is 19.7 Å². The van der Waals surface area contributed by atoms with Gasteiger partial charge in [0.2, 0.25) is 5.89 Å². The Morgan fingerprint density at radius 2 is 2.26 bits per heavy atom. The number of nitrogens with zero attached hydrogens (tertiary/aromatic N) is 4. The zero-order chi connectivity index (χ0) is 15.6. The predicted octanol–water partition coefficient (Wildman–Crippen LogP) is 3.39. The molecule has 1 saturated heterocycles. The largest absolute Gasteiger partial charge is 0.418 e. The Hall–Kier alpha value is -1.61. The van der Waals surface area contributed by atoms with Crippen molar-refractivity contribution in [1.29, 1.82) is 0 Å². The fourth-order valence-corrected chi connectivity index (χ4v) is 3.94. The first kappa shape index (κ1) is 14.9. The van der Waals surface area contributed by atoms with Gasteiger partial charge in [-0.3, -0.25) is 4.90 Å². The fourth-order valence-electron chi connectivity index (χ4n) is 2.62. The van der Waals surface area contributed by atoms with Crippen LogP contribution in [0.1, 0.15) is 30.0 Å². The van der Waals surface area contributed by atoms with Gasteiger partial charge in [0.05, 0.1) is 17.5 Å². The molecule has 0 spiro atoms. The summed E-state index contributed by atoms with van der Waals surface area (Å²) in [7, 11) is 0. The van der Waals surface area contributed by atoms with Gasteiger partial charge in [0, 0.05) is 24.7 Å². The highest BCUT2D eigenvalue weighted by molar-refractivity contribution is 7.13. The number of morpholine rings is 1. The number of aromatic nitrogens is 3. The number of thiophene rings is 1. The van der Waals surface area contributed by atoms with Crippen molar-refractivity contribution >= 4 is 22.7 Å². The molecule has 0 N–H and O–H groups in total. The van der Waals surface area contributed by atoms with E-state index in [1.54, 1.807) is 22.7 Å². The summed E-state index contributed by atoms with van der Waals surface area (Å²) < 4.78 is 11.7. The maximum atomic E-state index is 5.86. The minimum Gasteiger partial charge on any atom is -0.418 e. The Balaban J connectivity index is 1.49. The summed E-state index contributed by atoms with van der Waals surface area (Å²) in [6.45, 7) is 4.40. The van der Waals surface area contributed by atoms with E-state index in [9.17, 15) is 0 Å². The van der Waals surface area contributed by atoms with Gasteiger partial charge in [0.25, 0.3) is 5.89 Å². The van der Waals surface area contributed by atoms with Gasteiger partial charge >= 0.3 is 0 Å². The molecule has 2 atom stereocenters. The number of ether oxygens (including phenoxy) is 1. The van der Waals surface area contributed by atoms with E-state index in [-0.39, 0.29) is 12.1 Å². The summed E-state index contributed by atoms with van der Waals surface area (Å²) in [4.78, 5) is 7.67. The summed E-state index contributed by atoms with van der Waals surface area (Å²) in [5.41, 5.74) is 0. The van der Waals surface area contributed by atoms with Crippen molar-refractivity contribution < 1.29 is 9.15 Å². The number of thiazole rings is 1. The number of hydrogen-bond acceptors (Lipinski definition) is 8. The molecule has 4 heterocycles. The molecule has 0 radical (unpaired) electrons. The monoisotopic (exact) mass is 348 g/mol. The van der Waals surface area contributed by atoms with Crippen LogP contribution in [0, 0.1) is 0 Å². The Labute approximate surface area is 141 Å². The third-order valence-corrected chi connectivity index (χ3v) is 5.63. The van der Waals surface area contributed by atoms with Gasteiger partial charge in [0.15, 0.2) is 0 Å². The van der Waals surface area contributed by atoms with Crippen molar-refractivity contribution in [3.8, 4) is 10.8 Å². The lowest BCUT2D eigenvalue weighted by Crippen LogP contribution is -2.39. The molecular formula is C15H16N4O2S2. The molecule has 0 bridgehead atoms. The Kier molecular flexibility index (Phi) is 4.21. The van der Waals surface area contributed by atoms with Crippen LogP contribution in [0.2, 0.25) is 0 Å². The first-order valence-corrected chi connectivity index (χ1v) is 9.19.